The lowest BCUT2D eigenvalue weighted by Gasteiger charge is -2.15. The fourth-order valence-electron chi connectivity index (χ4n) is 1.61. The van der Waals surface area contributed by atoms with Gasteiger partial charge in [-0.15, -0.1) is 0 Å². The molecule has 0 amide bonds. The van der Waals surface area contributed by atoms with Crippen molar-refractivity contribution in [3.63, 3.8) is 0 Å². The first-order valence-electron chi connectivity index (χ1n) is 5.91. The van der Waals surface area contributed by atoms with Crippen molar-refractivity contribution in [1.82, 2.24) is 4.31 Å². The van der Waals surface area contributed by atoms with Crippen LogP contribution in [0.4, 0.5) is 0 Å². The van der Waals surface area contributed by atoms with Crippen LogP contribution >= 0.6 is 0 Å². The maximum Gasteiger partial charge on any atom is 0.213 e. The maximum atomic E-state index is 11.8. The van der Waals surface area contributed by atoms with Gasteiger partial charge in [0, 0.05) is 20.0 Å². The Morgan fingerprint density at radius 3 is 2.56 bits per heavy atom. The Morgan fingerprint density at radius 1 is 1.28 bits per heavy atom. The lowest BCUT2D eigenvalue weighted by molar-refractivity contribution is 0.475. The van der Waals surface area contributed by atoms with Crippen molar-refractivity contribution in [3.05, 3.63) is 35.9 Å². The highest BCUT2D eigenvalue weighted by atomic mass is 32.2. The molecular formula is C13H18N2O2S. The van der Waals surface area contributed by atoms with Gasteiger partial charge in [-0.1, -0.05) is 30.3 Å². The molecule has 0 aliphatic heterocycles. The van der Waals surface area contributed by atoms with Crippen molar-refractivity contribution in [3.8, 4) is 6.07 Å². The largest absolute Gasteiger partial charge is 0.213 e. The van der Waals surface area contributed by atoms with Gasteiger partial charge in [0.05, 0.1) is 11.8 Å². The summed E-state index contributed by atoms with van der Waals surface area (Å²) in [4.78, 5) is 0. The van der Waals surface area contributed by atoms with Gasteiger partial charge in [-0.2, -0.15) is 5.26 Å². The zero-order chi connectivity index (χ0) is 13.4. The number of benzene rings is 1. The highest BCUT2D eigenvalue weighted by molar-refractivity contribution is 7.89. The zero-order valence-electron chi connectivity index (χ0n) is 10.5. The lowest BCUT2D eigenvalue weighted by Crippen LogP contribution is -2.30. The third kappa shape index (κ3) is 4.86. The van der Waals surface area contributed by atoms with E-state index in [1.54, 1.807) is 0 Å². The third-order valence-electron chi connectivity index (χ3n) is 2.72. The molecule has 0 aliphatic carbocycles. The van der Waals surface area contributed by atoms with Crippen LogP contribution in [0.3, 0.4) is 0 Å². The monoisotopic (exact) mass is 266 g/mol. The standard InChI is InChI=1S/C13H18N2O2S/c1-15(11-6-10-14)18(16,17)12-5-9-13-7-3-2-4-8-13/h2-4,7-8H,5-6,9,11-12H2,1H3. The van der Waals surface area contributed by atoms with Gasteiger partial charge in [-0.25, -0.2) is 12.7 Å². The van der Waals surface area contributed by atoms with Crippen LogP contribution in [0.2, 0.25) is 0 Å². The van der Waals surface area contributed by atoms with Crippen LogP contribution in [-0.4, -0.2) is 32.1 Å². The topological polar surface area (TPSA) is 61.2 Å². The Morgan fingerprint density at radius 2 is 1.94 bits per heavy atom. The van der Waals surface area contributed by atoms with Gasteiger partial charge >= 0.3 is 0 Å². The highest BCUT2D eigenvalue weighted by Gasteiger charge is 2.16. The Kier molecular flexibility index (Phi) is 5.83. The van der Waals surface area contributed by atoms with E-state index in [-0.39, 0.29) is 18.7 Å². The molecule has 0 aliphatic rings. The molecule has 0 atom stereocenters. The summed E-state index contributed by atoms with van der Waals surface area (Å²) in [6.45, 7) is 0.268. The zero-order valence-corrected chi connectivity index (χ0v) is 11.4. The van der Waals surface area contributed by atoms with Crippen LogP contribution in [-0.2, 0) is 16.4 Å². The van der Waals surface area contributed by atoms with Crippen molar-refractivity contribution >= 4 is 10.0 Å². The van der Waals surface area contributed by atoms with Crippen LogP contribution in [0.1, 0.15) is 18.4 Å². The second kappa shape index (κ2) is 7.14. The Labute approximate surface area is 109 Å². The Hall–Kier alpha value is -1.38. The van der Waals surface area contributed by atoms with Crippen molar-refractivity contribution < 1.29 is 8.42 Å². The van der Waals surface area contributed by atoms with Crippen molar-refractivity contribution in [2.75, 3.05) is 19.3 Å². The minimum atomic E-state index is -3.22. The van der Waals surface area contributed by atoms with Gasteiger partial charge < -0.3 is 0 Å². The van der Waals surface area contributed by atoms with Gasteiger partial charge in [0.1, 0.15) is 0 Å². The quantitative estimate of drug-likeness (QED) is 0.756. The summed E-state index contributed by atoms with van der Waals surface area (Å²) in [6.07, 6.45) is 1.59. The molecule has 0 bridgehead atoms. The van der Waals surface area contributed by atoms with Crippen molar-refractivity contribution in [2.45, 2.75) is 19.3 Å². The number of hydrogen-bond acceptors (Lipinski definition) is 3. The molecular weight excluding hydrogens is 248 g/mol. The van der Waals surface area contributed by atoms with Gasteiger partial charge in [0.15, 0.2) is 0 Å². The fourth-order valence-corrected chi connectivity index (χ4v) is 2.80. The average Bonchev–Trinajstić information content (AvgIpc) is 2.37. The molecule has 0 unspecified atom stereocenters. The Balaban J connectivity index is 2.40. The number of hydrogen-bond donors (Lipinski definition) is 0. The molecule has 0 saturated carbocycles. The summed E-state index contributed by atoms with van der Waals surface area (Å²) in [5.41, 5.74) is 1.15. The van der Waals surface area contributed by atoms with E-state index in [1.165, 1.54) is 11.4 Å². The van der Waals surface area contributed by atoms with Crippen molar-refractivity contribution in [2.24, 2.45) is 0 Å². The number of sulfonamides is 1. The predicted octanol–water partition coefficient (Wildman–Crippen LogP) is 1.79. The second-order valence-corrected chi connectivity index (χ2v) is 6.33. The molecule has 0 radical (unpaired) electrons. The molecule has 1 rings (SSSR count). The van der Waals surface area contributed by atoms with Gasteiger partial charge in [-0.05, 0) is 18.4 Å². The SMILES string of the molecule is CN(CCC#N)S(=O)(=O)CCCc1ccccc1. The van der Waals surface area contributed by atoms with E-state index in [2.05, 4.69) is 0 Å². The number of aryl methyl sites for hydroxylation is 1. The van der Waals surface area contributed by atoms with Crippen LogP contribution in [0, 0.1) is 11.3 Å². The first-order chi connectivity index (χ1) is 8.56. The molecule has 0 fully saturated rings. The van der Waals surface area contributed by atoms with E-state index in [1.807, 2.05) is 36.4 Å². The first-order valence-corrected chi connectivity index (χ1v) is 7.52. The van der Waals surface area contributed by atoms with Gasteiger partial charge in [0.25, 0.3) is 0 Å². The number of nitrogens with zero attached hydrogens (tertiary/aromatic N) is 2. The number of nitriles is 1. The second-order valence-electron chi connectivity index (χ2n) is 4.13. The minimum absolute atomic E-state index is 0.129. The molecule has 0 aromatic heterocycles. The molecule has 1 aromatic rings. The number of rotatable bonds is 7. The van der Waals surface area contributed by atoms with Crippen LogP contribution in [0.15, 0.2) is 30.3 Å². The molecule has 1 aromatic carbocycles. The molecule has 5 heteroatoms. The van der Waals surface area contributed by atoms with E-state index in [4.69, 9.17) is 5.26 Å². The first kappa shape index (κ1) is 14.7. The molecule has 4 nitrogen and oxygen atoms in total. The molecule has 0 heterocycles. The Bertz CT molecular complexity index is 491. The molecule has 0 N–H and O–H groups in total. The average molecular weight is 266 g/mol. The maximum absolute atomic E-state index is 11.8. The summed E-state index contributed by atoms with van der Waals surface area (Å²) in [5, 5.41) is 8.43. The van der Waals surface area contributed by atoms with E-state index in [9.17, 15) is 8.42 Å². The molecule has 0 spiro atoms. The summed E-state index contributed by atoms with van der Waals surface area (Å²) in [6, 6.07) is 11.8. The lowest BCUT2D eigenvalue weighted by atomic mass is 10.1. The van der Waals surface area contributed by atoms with Crippen LogP contribution < -0.4 is 0 Å². The molecule has 18 heavy (non-hydrogen) atoms. The smallest absolute Gasteiger partial charge is 0.212 e. The normalized spacial score (nSPS) is 11.4. The van der Waals surface area contributed by atoms with Crippen molar-refractivity contribution in [1.29, 1.82) is 5.26 Å². The van der Waals surface area contributed by atoms with E-state index in [0.717, 1.165) is 12.0 Å². The third-order valence-corrected chi connectivity index (χ3v) is 4.66. The summed E-state index contributed by atoms with van der Waals surface area (Å²) in [7, 11) is -1.70. The van der Waals surface area contributed by atoms with E-state index in [0.29, 0.717) is 6.42 Å². The highest BCUT2D eigenvalue weighted by Crippen LogP contribution is 2.06. The van der Waals surface area contributed by atoms with Crippen LogP contribution in [0.5, 0.6) is 0 Å². The summed E-state index contributed by atoms with van der Waals surface area (Å²) < 4.78 is 25.0. The predicted molar refractivity (Wildman–Crippen MR) is 71.4 cm³/mol. The molecule has 98 valence electrons. The van der Waals surface area contributed by atoms with E-state index < -0.39 is 10.0 Å². The van der Waals surface area contributed by atoms with Crippen LogP contribution in [0.25, 0.3) is 0 Å². The molecule has 0 saturated heterocycles. The van der Waals surface area contributed by atoms with E-state index >= 15 is 0 Å². The van der Waals surface area contributed by atoms with Gasteiger partial charge in [0.2, 0.25) is 10.0 Å². The van der Waals surface area contributed by atoms with Gasteiger partial charge in [-0.3, -0.25) is 0 Å². The fraction of sp³-hybridized carbons (Fsp3) is 0.462. The minimum Gasteiger partial charge on any atom is -0.212 e. The summed E-state index contributed by atoms with van der Waals surface area (Å²) in [5.74, 6) is 0.129. The summed E-state index contributed by atoms with van der Waals surface area (Å²) >= 11 is 0.